The molecular formula is C9H6ClNS2. The molecule has 0 aliphatic rings. The van der Waals surface area contributed by atoms with Crippen molar-refractivity contribution in [3.05, 3.63) is 38.6 Å². The van der Waals surface area contributed by atoms with Gasteiger partial charge in [0.15, 0.2) is 3.95 Å². The highest BCUT2D eigenvalue weighted by Crippen LogP contribution is 2.27. The molecule has 0 spiro atoms. The molecule has 0 saturated heterocycles. The fourth-order valence-corrected chi connectivity index (χ4v) is 2.16. The van der Waals surface area contributed by atoms with Gasteiger partial charge in [-0.15, -0.1) is 11.3 Å². The van der Waals surface area contributed by atoms with Crippen molar-refractivity contribution in [2.75, 3.05) is 0 Å². The summed E-state index contributed by atoms with van der Waals surface area (Å²) in [7, 11) is 0. The zero-order chi connectivity index (χ0) is 9.26. The average molecular weight is 228 g/mol. The highest BCUT2D eigenvalue weighted by molar-refractivity contribution is 7.73. The molecule has 13 heavy (non-hydrogen) atoms. The monoisotopic (exact) mass is 227 g/mol. The summed E-state index contributed by atoms with van der Waals surface area (Å²) in [5.74, 6) is 0. The van der Waals surface area contributed by atoms with Crippen LogP contribution in [-0.2, 0) is 0 Å². The molecule has 0 fully saturated rings. The van der Waals surface area contributed by atoms with Crippen LogP contribution < -0.4 is 0 Å². The summed E-state index contributed by atoms with van der Waals surface area (Å²) in [6, 6.07) is 7.70. The van der Waals surface area contributed by atoms with Crippen LogP contribution in [0.2, 0.25) is 5.02 Å². The Labute approximate surface area is 90.0 Å². The van der Waals surface area contributed by atoms with Gasteiger partial charge in [0, 0.05) is 16.0 Å². The first-order valence-electron chi connectivity index (χ1n) is 3.70. The van der Waals surface area contributed by atoms with E-state index in [1.807, 2.05) is 29.6 Å². The zero-order valence-corrected chi connectivity index (χ0v) is 8.97. The van der Waals surface area contributed by atoms with Crippen LogP contribution in [0.1, 0.15) is 0 Å². The van der Waals surface area contributed by atoms with Crippen molar-refractivity contribution in [3.63, 3.8) is 0 Å². The van der Waals surface area contributed by atoms with E-state index in [2.05, 4.69) is 4.98 Å². The van der Waals surface area contributed by atoms with Gasteiger partial charge in [0.2, 0.25) is 0 Å². The fourth-order valence-electron chi connectivity index (χ4n) is 1.09. The van der Waals surface area contributed by atoms with Crippen molar-refractivity contribution in [3.8, 4) is 11.3 Å². The van der Waals surface area contributed by atoms with Crippen molar-refractivity contribution < 1.29 is 0 Å². The van der Waals surface area contributed by atoms with Gasteiger partial charge in [-0.05, 0) is 18.3 Å². The summed E-state index contributed by atoms with van der Waals surface area (Å²) in [5, 5.41) is 2.72. The first kappa shape index (κ1) is 8.94. The van der Waals surface area contributed by atoms with Gasteiger partial charge in [0.1, 0.15) is 0 Å². The third-order valence-corrected chi connectivity index (χ3v) is 3.07. The second-order valence-corrected chi connectivity index (χ2v) is 4.50. The Hall–Kier alpha value is -0.640. The molecule has 0 saturated carbocycles. The molecular weight excluding hydrogens is 222 g/mol. The molecule has 0 atom stereocenters. The van der Waals surface area contributed by atoms with Gasteiger partial charge in [-0.3, -0.25) is 0 Å². The summed E-state index contributed by atoms with van der Waals surface area (Å²) in [6.07, 6.45) is 0. The van der Waals surface area contributed by atoms with Gasteiger partial charge >= 0.3 is 0 Å². The van der Waals surface area contributed by atoms with Crippen LogP contribution >= 0.6 is 35.2 Å². The maximum Gasteiger partial charge on any atom is 0.158 e. The molecule has 0 amide bonds. The lowest BCUT2D eigenvalue weighted by Gasteiger charge is -1.98. The molecule has 66 valence electrons. The fraction of sp³-hybridized carbons (Fsp3) is 0. The standard InChI is InChI=1S/C9H6ClNS2/c10-7-4-2-1-3-6(7)8-5-13-9(12)11-8/h1-5H,(H,11,12). The minimum Gasteiger partial charge on any atom is -0.337 e. The Bertz CT molecular complexity index is 472. The number of thiazole rings is 1. The van der Waals surface area contributed by atoms with Crippen LogP contribution in [0.4, 0.5) is 0 Å². The van der Waals surface area contributed by atoms with E-state index in [0.717, 1.165) is 20.2 Å². The molecule has 1 N–H and O–H groups in total. The predicted octanol–water partition coefficient (Wildman–Crippen LogP) is 4.13. The average Bonchev–Trinajstić information content (AvgIpc) is 2.53. The van der Waals surface area contributed by atoms with Crippen LogP contribution in [0.15, 0.2) is 29.6 Å². The zero-order valence-electron chi connectivity index (χ0n) is 6.58. The summed E-state index contributed by atoms with van der Waals surface area (Å²) >= 11 is 12.5. The summed E-state index contributed by atoms with van der Waals surface area (Å²) in [6.45, 7) is 0. The van der Waals surface area contributed by atoms with E-state index in [1.54, 1.807) is 0 Å². The lowest BCUT2D eigenvalue weighted by molar-refractivity contribution is 1.39. The molecule has 0 aliphatic heterocycles. The van der Waals surface area contributed by atoms with E-state index in [-0.39, 0.29) is 0 Å². The van der Waals surface area contributed by atoms with Crippen molar-refractivity contribution >= 4 is 35.2 Å². The Morgan fingerprint density at radius 2 is 2.08 bits per heavy atom. The molecule has 0 radical (unpaired) electrons. The number of benzene rings is 1. The first-order chi connectivity index (χ1) is 6.27. The molecule has 2 aromatic rings. The Morgan fingerprint density at radius 1 is 1.31 bits per heavy atom. The molecule has 0 bridgehead atoms. The van der Waals surface area contributed by atoms with Crippen LogP contribution in [0.3, 0.4) is 0 Å². The number of hydrogen-bond acceptors (Lipinski definition) is 2. The Kier molecular flexibility index (Phi) is 2.49. The van der Waals surface area contributed by atoms with E-state index < -0.39 is 0 Å². The lowest BCUT2D eigenvalue weighted by Crippen LogP contribution is -1.77. The van der Waals surface area contributed by atoms with Crippen LogP contribution in [0.25, 0.3) is 11.3 Å². The quantitative estimate of drug-likeness (QED) is 0.725. The molecule has 1 aromatic carbocycles. The van der Waals surface area contributed by atoms with Gasteiger partial charge in [-0.1, -0.05) is 29.8 Å². The third-order valence-electron chi connectivity index (χ3n) is 1.68. The smallest absolute Gasteiger partial charge is 0.158 e. The number of rotatable bonds is 1. The number of nitrogens with one attached hydrogen (secondary N) is 1. The van der Waals surface area contributed by atoms with E-state index in [9.17, 15) is 0 Å². The second kappa shape index (κ2) is 3.62. The molecule has 0 unspecified atom stereocenters. The lowest BCUT2D eigenvalue weighted by atomic mass is 10.2. The first-order valence-corrected chi connectivity index (χ1v) is 5.36. The molecule has 4 heteroatoms. The second-order valence-electron chi connectivity index (χ2n) is 2.54. The van der Waals surface area contributed by atoms with Crippen LogP contribution in [0, 0.1) is 3.95 Å². The van der Waals surface area contributed by atoms with Crippen LogP contribution in [-0.4, -0.2) is 4.98 Å². The highest BCUT2D eigenvalue weighted by atomic mass is 35.5. The van der Waals surface area contributed by atoms with Crippen molar-refractivity contribution in [2.45, 2.75) is 0 Å². The maximum absolute atomic E-state index is 6.02. The van der Waals surface area contributed by atoms with E-state index >= 15 is 0 Å². The molecule has 1 heterocycles. The summed E-state index contributed by atoms with van der Waals surface area (Å²) in [4.78, 5) is 3.08. The van der Waals surface area contributed by atoms with Crippen molar-refractivity contribution in [1.29, 1.82) is 0 Å². The van der Waals surface area contributed by atoms with Gasteiger partial charge in [-0.25, -0.2) is 0 Å². The summed E-state index contributed by atoms with van der Waals surface area (Å²) < 4.78 is 0.773. The Morgan fingerprint density at radius 3 is 2.69 bits per heavy atom. The van der Waals surface area contributed by atoms with Crippen molar-refractivity contribution in [1.82, 2.24) is 4.98 Å². The SMILES string of the molecule is S=c1[nH]c(-c2ccccc2Cl)cs1. The molecule has 1 nitrogen and oxygen atoms in total. The minimum absolute atomic E-state index is 0.742. The summed E-state index contributed by atoms with van der Waals surface area (Å²) in [5.41, 5.74) is 1.98. The molecule has 0 aliphatic carbocycles. The van der Waals surface area contributed by atoms with E-state index in [0.29, 0.717) is 0 Å². The van der Waals surface area contributed by atoms with Gasteiger partial charge in [0.25, 0.3) is 0 Å². The minimum atomic E-state index is 0.742. The third kappa shape index (κ3) is 1.82. The van der Waals surface area contributed by atoms with E-state index in [1.165, 1.54) is 11.3 Å². The molecule has 1 aromatic heterocycles. The van der Waals surface area contributed by atoms with Gasteiger partial charge in [-0.2, -0.15) is 0 Å². The van der Waals surface area contributed by atoms with Gasteiger partial charge in [0.05, 0.1) is 5.69 Å². The number of hydrogen-bond donors (Lipinski definition) is 1. The van der Waals surface area contributed by atoms with Crippen molar-refractivity contribution in [2.24, 2.45) is 0 Å². The molecule has 2 rings (SSSR count). The topological polar surface area (TPSA) is 15.8 Å². The normalized spacial score (nSPS) is 10.2. The van der Waals surface area contributed by atoms with Gasteiger partial charge < -0.3 is 4.98 Å². The predicted molar refractivity (Wildman–Crippen MR) is 59.9 cm³/mol. The largest absolute Gasteiger partial charge is 0.337 e. The number of halogens is 1. The number of aromatic amines is 1. The number of H-pyrrole nitrogens is 1. The Balaban J connectivity index is 2.58. The van der Waals surface area contributed by atoms with Crippen LogP contribution in [0.5, 0.6) is 0 Å². The van der Waals surface area contributed by atoms with E-state index in [4.69, 9.17) is 23.8 Å². The number of aromatic nitrogens is 1. The highest BCUT2D eigenvalue weighted by Gasteiger charge is 2.02. The maximum atomic E-state index is 6.02.